The van der Waals surface area contributed by atoms with Crippen molar-refractivity contribution in [3.8, 4) is 0 Å². The molecule has 1 aliphatic rings. The number of hydrogen-bond donors (Lipinski definition) is 0. The Balaban J connectivity index is 1.79. The lowest BCUT2D eigenvalue weighted by Crippen LogP contribution is -2.49. The van der Waals surface area contributed by atoms with Crippen LogP contribution >= 0.6 is 0 Å². The molecule has 3 rings (SSSR count). The maximum Gasteiger partial charge on any atom is 0.317 e. The van der Waals surface area contributed by atoms with Crippen LogP contribution in [-0.4, -0.2) is 17.4 Å². The lowest BCUT2D eigenvalue weighted by atomic mass is 9.75. The van der Waals surface area contributed by atoms with Gasteiger partial charge in [-0.25, -0.2) is 0 Å². The molecular formula is C25H28O3. The molecule has 28 heavy (non-hydrogen) atoms. The highest BCUT2D eigenvalue weighted by Gasteiger charge is 2.48. The van der Waals surface area contributed by atoms with Gasteiger partial charge in [0.25, 0.3) is 0 Å². The molecule has 0 aliphatic carbocycles. The van der Waals surface area contributed by atoms with E-state index in [1.807, 2.05) is 48.5 Å². The lowest BCUT2D eigenvalue weighted by Gasteiger charge is -2.40. The summed E-state index contributed by atoms with van der Waals surface area (Å²) in [5.41, 5.74) is 1.41. The maximum atomic E-state index is 13.1. The third kappa shape index (κ3) is 4.41. The van der Waals surface area contributed by atoms with E-state index >= 15 is 0 Å². The normalized spacial score (nSPS) is 23.1. The van der Waals surface area contributed by atoms with Crippen molar-refractivity contribution in [3.63, 3.8) is 0 Å². The topological polar surface area (TPSA) is 43.4 Å². The Bertz CT molecular complexity index is 792. The van der Waals surface area contributed by atoms with Crippen LogP contribution in [0.3, 0.4) is 0 Å². The van der Waals surface area contributed by atoms with Crippen LogP contribution in [0.5, 0.6) is 0 Å². The fraction of sp³-hybridized carbons (Fsp3) is 0.360. The summed E-state index contributed by atoms with van der Waals surface area (Å²) in [6.45, 7) is 5.93. The second-order valence-electron chi connectivity index (χ2n) is 7.63. The predicted octanol–water partition coefficient (Wildman–Crippen LogP) is 5.26. The van der Waals surface area contributed by atoms with Crippen molar-refractivity contribution >= 4 is 11.8 Å². The highest BCUT2D eigenvalue weighted by atomic mass is 16.6. The first-order valence-electron chi connectivity index (χ1n) is 10.1. The van der Waals surface area contributed by atoms with E-state index in [4.69, 9.17) is 4.74 Å². The molecule has 3 atom stereocenters. The Hall–Kier alpha value is -2.68. The highest BCUT2D eigenvalue weighted by molar-refractivity contribution is 6.02. The van der Waals surface area contributed by atoms with Crippen molar-refractivity contribution in [2.24, 2.45) is 5.92 Å². The molecule has 0 spiro atoms. The van der Waals surface area contributed by atoms with Gasteiger partial charge in [-0.05, 0) is 30.4 Å². The number of benzene rings is 2. The van der Waals surface area contributed by atoms with Crippen molar-refractivity contribution in [1.82, 2.24) is 0 Å². The van der Waals surface area contributed by atoms with E-state index in [1.54, 1.807) is 6.08 Å². The number of esters is 1. The van der Waals surface area contributed by atoms with Gasteiger partial charge in [-0.2, -0.15) is 0 Å². The van der Waals surface area contributed by atoms with Gasteiger partial charge in [0.05, 0.1) is 0 Å². The van der Waals surface area contributed by atoms with Crippen molar-refractivity contribution in [3.05, 3.63) is 84.4 Å². The van der Waals surface area contributed by atoms with Gasteiger partial charge in [0.1, 0.15) is 11.5 Å². The molecule has 3 unspecified atom stereocenters. The number of aryl methyl sites for hydroxylation is 1. The minimum Gasteiger partial charge on any atom is -0.458 e. The summed E-state index contributed by atoms with van der Waals surface area (Å²) < 4.78 is 6.02. The number of carbonyl (C=O) groups is 2. The molecule has 0 amide bonds. The summed E-state index contributed by atoms with van der Waals surface area (Å²) in [5, 5.41) is 0. The van der Waals surface area contributed by atoms with Crippen molar-refractivity contribution < 1.29 is 14.3 Å². The summed E-state index contributed by atoms with van der Waals surface area (Å²) in [4.78, 5) is 26.1. The van der Waals surface area contributed by atoms with E-state index in [9.17, 15) is 9.59 Å². The second kappa shape index (κ2) is 9.01. The monoisotopic (exact) mass is 376 g/mol. The Labute approximate surface area is 167 Å². The molecule has 146 valence electrons. The molecule has 1 aliphatic heterocycles. The van der Waals surface area contributed by atoms with E-state index in [2.05, 4.69) is 25.6 Å². The van der Waals surface area contributed by atoms with E-state index in [-0.39, 0.29) is 18.1 Å². The van der Waals surface area contributed by atoms with Gasteiger partial charge in [-0.15, -0.1) is 6.58 Å². The van der Waals surface area contributed by atoms with Gasteiger partial charge in [-0.3, -0.25) is 9.59 Å². The smallest absolute Gasteiger partial charge is 0.317 e. The Morgan fingerprint density at radius 3 is 2.29 bits per heavy atom. The quantitative estimate of drug-likeness (QED) is 0.358. The number of ketones is 1. The number of carbonyl (C=O) groups excluding carboxylic acids is 2. The van der Waals surface area contributed by atoms with Gasteiger partial charge < -0.3 is 4.74 Å². The van der Waals surface area contributed by atoms with E-state index in [1.165, 1.54) is 5.56 Å². The van der Waals surface area contributed by atoms with Crippen LogP contribution in [0.1, 0.15) is 49.7 Å². The molecule has 0 radical (unpaired) electrons. The highest BCUT2D eigenvalue weighted by Crippen LogP contribution is 2.40. The Morgan fingerprint density at radius 1 is 1.07 bits per heavy atom. The molecule has 0 N–H and O–H groups in total. The fourth-order valence-electron chi connectivity index (χ4n) is 4.23. The third-order valence-corrected chi connectivity index (χ3v) is 5.63. The predicted molar refractivity (Wildman–Crippen MR) is 111 cm³/mol. The summed E-state index contributed by atoms with van der Waals surface area (Å²) in [6, 6.07) is 19.7. The first-order valence-corrected chi connectivity index (χ1v) is 10.1. The molecule has 2 aromatic rings. The molecule has 0 saturated carbocycles. The van der Waals surface area contributed by atoms with Gasteiger partial charge >= 0.3 is 5.97 Å². The largest absolute Gasteiger partial charge is 0.458 e. The van der Waals surface area contributed by atoms with Crippen LogP contribution in [0, 0.1) is 5.92 Å². The van der Waals surface area contributed by atoms with Crippen LogP contribution in [0.15, 0.2) is 73.3 Å². The number of allylic oxidation sites excluding steroid dienone is 1. The van der Waals surface area contributed by atoms with Gasteiger partial charge in [-0.1, -0.05) is 80.1 Å². The summed E-state index contributed by atoms with van der Waals surface area (Å²) in [5.74, 6) is -1.60. The molecule has 0 bridgehead atoms. The number of ether oxygens (including phenoxy) is 1. The Morgan fingerprint density at radius 2 is 1.71 bits per heavy atom. The average Bonchev–Trinajstić information content (AvgIpc) is 2.71. The lowest BCUT2D eigenvalue weighted by molar-refractivity contribution is -0.179. The molecule has 1 heterocycles. The SMILES string of the molecule is C=CC(c1ccccc1)C1C(=O)CC(CCC)(CCc2ccccc2)OC1=O. The van der Waals surface area contributed by atoms with Gasteiger partial charge in [0, 0.05) is 12.3 Å². The van der Waals surface area contributed by atoms with Gasteiger partial charge in [0.15, 0.2) is 5.78 Å². The van der Waals surface area contributed by atoms with Gasteiger partial charge in [0.2, 0.25) is 0 Å². The fourth-order valence-corrected chi connectivity index (χ4v) is 4.23. The zero-order valence-electron chi connectivity index (χ0n) is 16.5. The van der Waals surface area contributed by atoms with Crippen LogP contribution in [-0.2, 0) is 20.7 Å². The first-order chi connectivity index (χ1) is 13.6. The molecule has 1 fully saturated rings. The van der Waals surface area contributed by atoms with Crippen molar-refractivity contribution in [1.29, 1.82) is 0 Å². The standard InChI is InChI=1S/C25H28O3/c1-3-16-25(17-15-19-11-7-5-8-12-19)18-22(26)23(24(27)28-25)21(4-2)20-13-9-6-10-14-20/h4-14,21,23H,2-3,15-18H2,1H3. The Kier molecular flexibility index (Phi) is 6.45. The summed E-state index contributed by atoms with van der Waals surface area (Å²) >= 11 is 0. The summed E-state index contributed by atoms with van der Waals surface area (Å²) in [7, 11) is 0. The van der Waals surface area contributed by atoms with Crippen LogP contribution in [0.4, 0.5) is 0 Å². The minimum absolute atomic E-state index is 0.0356. The zero-order chi connectivity index (χ0) is 20.0. The van der Waals surface area contributed by atoms with Crippen LogP contribution in [0.2, 0.25) is 0 Å². The molecule has 2 aromatic carbocycles. The number of cyclic esters (lactones) is 1. The van der Waals surface area contributed by atoms with Crippen molar-refractivity contribution in [2.45, 2.75) is 50.5 Å². The van der Waals surface area contributed by atoms with Crippen LogP contribution < -0.4 is 0 Å². The van der Waals surface area contributed by atoms with Crippen LogP contribution in [0.25, 0.3) is 0 Å². The molecule has 0 aromatic heterocycles. The molecular weight excluding hydrogens is 348 g/mol. The number of Topliss-reactive ketones (excluding diaryl/α,β-unsaturated/α-hetero) is 1. The zero-order valence-corrected chi connectivity index (χ0v) is 16.5. The molecule has 1 saturated heterocycles. The third-order valence-electron chi connectivity index (χ3n) is 5.63. The number of rotatable bonds is 8. The maximum absolute atomic E-state index is 13.1. The first kappa shape index (κ1) is 20.1. The summed E-state index contributed by atoms with van der Waals surface area (Å²) in [6.07, 6.45) is 4.99. The molecule has 3 nitrogen and oxygen atoms in total. The van der Waals surface area contributed by atoms with E-state index in [0.717, 1.165) is 18.4 Å². The van der Waals surface area contributed by atoms with E-state index < -0.39 is 17.5 Å². The van der Waals surface area contributed by atoms with E-state index in [0.29, 0.717) is 12.8 Å². The number of hydrogen-bond acceptors (Lipinski definition) is 3. The second-order valence-corrected chi connectivity index (χ2v) is 7.63. The average molecular weight is 376 g/mol. The minimum atomic E-state index is -0.804. The van der Waals surface area contributed by atoms with Crippen molar-refractivity contribution in [2.75, 3.05) is 0 Å². The molecule has 3 heteroatoms.